The van der Waals surface area contributed by atoms with Crippen LogP contribution in [0.3, 0.4) is 0 Å². The molecule has 0 atom stereocenters. The summed E-state index contributed by atoms with van der Waals surface area (Å²) < 4.78 is 1.82. The average Bonchev–Trinajstić information content (AvgIpc) is 3.04. The summed E-state index contributed by atoms with van der Waals surface area (Å²) in [6.45, 7) is 4.08. The maximum atomic E-state index is 5.95. The number of rotatable bonds is 1. The minimum Gasteiger partial charge on any atom is -0.383 e. The topological polar surface area (TPSA) is 69.6 Å². The zero-order valence-corrected chi connectivity index (χ0v) is 11.3. The molecule has 5 nitrogen and oxygen atoms in total. The van der Waals surface area contributed by atoms with Crippen molar-refractivity contribution in [3.63, 3.8) is 0 Å². The smallest absolute Gasteiger partial charge is 0.164 e. The Kier molecular flexibility index (Phi) is 3.31. The van der Waals surface area contributed by atoms with Crippen LogP contribution in [0.15, 0.2) is 6.33 Å². The fourth-order valence-corrected chi connectivity index (χ4v) is 2.03. The molecule has 99 valence electrons. The Labute approximate surface area is 118 Å². The number of hydrogen-bond acceptors (Lipinski definition) is 4. The highest BCUT2D eigenvalue weighted by Gasteiger charge is 2.17. The van der Waals surface area contributed by atoms with Crippen molar-refractivity contribution in [2.45, 2.75) is 19.9 Å². The third-order valence-corrected chi connectivity index (χ3v) is 3.00. The molecule has 2 heterocycles. The van der Waals surface area contributed by atoms with Gasteiger partial charge in [-0.25, -0.2) is 14.6 Å². The zero-order valence-electron chi connectivity index (χ0n) is 11.3. The maximum absolute atomic E-state index is 5.95. The number of fused-ring (bicyclic) bond motifs is 1. The number of nitrogens with zero attached hydrogens (tertiary/aromatic N) is 4. The van der Waals surface area contributed by atoms with Crippen molar-refractivity contribution in [2.24, 2.45) is 0 Å². The third-order valence-electron chi connectivity index (χ3n) is 3.00. The van der Waals surface area contributed by atoms with Gasteiger partial charge in [0.2, 0.25) is 0 Å². The minimum absolute atomic E-state index is 0.182. The van der Waals surface area contributed by atoms with Crippen LogP contribution in [-0.4, -0.2) is 19.7 Å². The van der Waals surface area contributed by atoms with Gasteiger partial charge >= 0.3 is 0 Å². The molecule has 0 aliphatic heterocycles. The molecule has 0 unspecified atom stereocenters. The zero-order chi connectivity index (χ0) is 14.1. The fraction of sp³-hybridized carbons (Fsp3) is 0.200. The Balaban J connectivity index is 2.10. The summed E-state index contributed by atoms with van der Waals surface area (Å²) in [6, 6.07) is 0.182. The van der Waals surface area contributed by atoms with E-state index in [0.29, 0.717) is 11.5 Å². The SMILES string of the molecule is CC(C)n1nc(C#C[C]2[CH][CH][CH][CH]2)c2c(N)ncnc21. The number of nitrogen functional groups attached to an aromatic ring is 1. The lowest BCUT2D eigenvalue weighted by Crippen LogP contribution is -2.04. The molecular formula is C15H14N5. The van der Waals surface area contributed by atoms with Gasteiger partial charge in [-0.1, -0.05) is 5.92 Å². The second-order valence-electron chi connectivity index (χ2n) is 4.77. The van der Waals surface area contributed by atoms with Crippen LogP contribution in [0.25, 0.3) is 11.0 Å². The van der Waals surface area contributed by atoms with E-state index in [-0.39, 0.29) is 6.04 Å². The van der Waals surface area contributed by atoms with E-state index in [1.54, 1.807) is 0 Å². The van der Waals surface area contributed by atoms with Crippen LogP contribution < -0.4 is 5.73 Å². The molecule has 0 saturated heterocycles. The molecule has 0 amide bonds. The normalized spacial score (nSPS) is 15.8. The highest BCUT2D eigenvalue weighted by molar-refractivity contribution is 5.90. The first-order valence-electron chi connectivity index (χ1n) is 6.39. The summed E-state index contributed by atoms with van der Waals surface area (Å²) in [6.07, 6.45) is 9.26. The van der Waals surface area contributed by atoms with Crippen LogP contribution in [0.4, 0.5) is 5.82 Å². The lowest BCUT2D eigenvalue weighted by Gasteiger charge is -2.05. The molecular weight excluding hydrogens is 250 g/mol. The minimum atomic E-state index is 0.182. The number of anilines is 1. The molecule has 3 rings (SSSR count). The van der Waals surface area contributed by atoms with Crippen molar-refractivity contribution in [2.75, 3.05) is 5.73 Å². The van der Waals surface area contributed by atoms with Crippen LogP contribution >= 0.6 is 0 Å². The van der Waals surface area contributed by atoms with E-state index in [2.05, 4.69) is 26.9 Å². The van der Waals surface area contributed by atoms with E-state index in [1.807, 2.05) is 44.2 Å². The first-order chi connectivity index (χ1) is 9.66. The van der Waals surface area contributed by atoms with Gasteiger partial charge in [0.15, 0.2) is 5.65 Å². The van der Waals surface area contributed by atoms with Gasteiger partial charge in [0.25, 0.3) is 0 Å². The number of aromatic nitrogens is 4. The molecule has 0 spiro atoms. The maximum Gasteiger partial charge on any atom is 0.164 e. The third kappa shape index (κ3) is 2.22. The van der Waals surface area contributed by atoms with E-state index >= 15 is 0 Å². The van der Waals surface area contributed by atoms with Crippen LogP contribution in [0.5, 0.6) is 0 Å². The average molecular weight is 264 g/mol. The lowest BCUT2D eigenvalue weighted by atomic mass is 10.1. The standard InChI is InChI=1S/C15H14N5/c1-10(2)20-15-13(14(16)17-9-18-15)12(19-20)8-7-11-5-3-4-6-11/h3-6,9-10H,1-2H3,(H2,16,17,18). The molecule has 0 bridgehead atoms. The second kappa shape index (κ2) is 5.12. The first kappa shape index (κ1) is 12.9. The highest BCUT2D eigenvalue weighted by Crippen LogP contribution is 2.25. The van der Waals surface area contributed by atoms with Gasteiger partial charge in [-0.05, 0) is 45.5 Å². The number of nitrogens with two attached hydrogens (primary N) is 1. The Morgan fingerprint density at radius 1 is 1.15 bits per heavy atom. The molecule has 2 aromatic heterocycles. The van der Waals surface area contributed by atoms with Crippen LogP contribution in [0, 0.1) is 43.4 Å². The molecule has 2 N–H and O–H groups in total. The molecule has 20 heavy (non-hydrogen) atoms. The summed E-state index contributed by atoms with van der Waals surface area (Å²) in [5.74, 6) is 7.50. The van der Waals surface area contributed by atoms with Crippen molar-refractivity contribution in [3.05, 3.63) is 43.6 Å². The second-order valence-corrected chi connectivity index (χ2v) is 4.77. The Morgan fingerprint density at radius 2 is 1.90 bits per heavy atom. The van der Waals surface area contributed by atoms with Crippen molar-refractivity contribution in [3.8, 4) is 11.8 Å². The molecule has 1 aliphatic carbocycles. The van der Waals surface area contributed by atoms with Gasteiger partial charge < -0.3 is 5.73 Å². The van der Waals surface area contributed by atoms with Gasteiger partial charge in [-0.15, -0.1) is 0 Å². The number of hydrogen-bond donors (Lipinski definition) is 1. The Morgan fingerprint density at radius 3 is 2.60 bits per heavy atom. The van der Waals surface area contributed by atoms with E-state index in [0.717, 1.165) is 17.0 Å². The highest BCUT2D eigenvalue weighted by atomic mass is 15.3. The van der Waals surface area contributed by atoms with Gasteiger partial charge in [-0.3, -0.25) is 0 Å². The van der Waals surface area contributed by atoms with Gasteiger partial charge in [0.1, 0.15) is 17.8 Å². The van der Waals surface area contributed by atoms with Crippen molar-refractivity contribution in [1.82, 2.24) is 19.7 Å². The summed E-state index contributed by atoms with van der Waals surface area (Å²) in [5, 5.41) is 5.23. The van der Waals surface area contributed by atoms with Crippen LogP contribution in [0.2, 0.25) is 0 Å². The van der Waals surface area contributed by atoms with Crippen molar-refractivity contribution < 1.29 is 0 Å². The van der Waals surface area contributed by atoms with Crippen molar-refractivity contribution >= 4 is 16.9 Å². The van der Waals surface area contributed by atoms with E-state index < -0.39 is 0 Å². The Hall–Kier alpha value is -2.09. The molecule has 5 radical (unpaired) electrons. The van der Waals surface area contributed by atoms with Crippen LogP contribution in [0.1, 0.15) is 25.6 Å². The van der Waals surface area contributed by atoms with E-state index in [9.17, 15) is 0 Å². The molecule has 1 fully saturated rings. The van der Waals surface area contributed by atoms with Gasteiger partial charge in [0.05, 0.1) is 11.3 Å². The van der Waals surface area contributed by atoms with Crippen molar-refractivity contribution in [1.29, 1.82) is 0 Å². The molecule has 5 heteroatoms. The molecule has 2 aromatic rings. The molecule has 0 aromatic carbocycles. The van der Waals surface area contributed by atoms with E-state index in [4.69, 9.17) is 5.73 Å². The summed E-state index contributed by atoms with van der Waals surface area (Å²) >= 11 is 0. The predicted molar refractivity (Wildman–Crippen MR) is 77.4 cm³/mol. The largest absolute Gasteiger partial charge is 0.383 e. The van der Waals surface area contributed by atoms with Gasteiger partial charge in [0, 0.05) is 6.04 Å². The summed E-state index contributed by atoms with van der Waals surface area (Å²) in [7, 11) is 0. The summed E-state index contributed by atoms with van der Waals surface area (Å²) in [4.78, 5) is 8.30. The quantitative estimate of drug-likeness (QED) is 0.797. The Bertz CT molecular complexity index is 683. The molecule has 1 saturated carbocycles. The molecule has 1 aliphatic rings. The van der Waals surface area contributed by atoms with Crippen LogP contribution in [-0.2, 0) is 0 Å². The first-order valence-corrected chi connectivity index (χ1v) is 6.39. The lowest BCUT2D eigenvalue weighted by molar-refractivity contribution is 0.545. The van der Waals surface area contributed by atoms with E-state index in [1.165, 1.54) is 6.33 Å². The van der Waals surface area contributed by atoms with Gasteiger partial charge in [-0.2, -0.15) is 5.10 Å². The summed E-state index contributed by atoms with van der Waals surface area (Å²) in [5.41, 5.74) is 7.29. The fourth-order valence-electron chi connectivity index (χ4n) is 2.03. The monoisotopic (exact) mass is 264 g/mol. The predicted octanol–water partition coefficient (Wildman–Crippen LogP) is 1.75.